The van der Waals surface area contributed by atoms with Crippen molar-refractivity contribution >= 4 is 21.8 Å². The van der Waals surface area contributed by atoms with Crippen LogP contribution in [-0.2, 0) is 16.6 Å². The first-order chi connectivity index (χ1) is 6.37. The Bertz CT molecular complexity index is 411. The summed E-state index contributed by atoms with van der Waals surface area (Å²) in [5, 5.41) is 0.163. The van der Waals surface area contributed by atoms with Gasteiger partial charge in [-0.2, -0.15) is 8.42 Å². The first kappa shape index (κ1) is 11.4. The quantitative estimate of drug-likeness (QED) is 0.760. The van der Waals surface area contributed by atoms with Gasteiger partial charge in [0.15, 0.2) is 0 Å². The van der Waals surface area contributed by atoms with Gasteiger partial charge in [0.25, 0.3) is 0 Å². The molecule has 1 rings (SSSR count). The monoisotopic (exact) mass is 240 g/mol. The lowest BCUT2D eigenvalue weighted by molar-refractivity contribution is 0.551. The molecular formula is C8H7ClF2O2S. The molecule has 0 fully saturated rings. The van der Waals surface area contributed by atoms with E-state index in [0.29, 0.717) is 5.56 Å². The lowest BCUT2D eigenvalue weighted by Crippen LogP contribution is -2.02. The third-order valence-electron chi connectivity index (χ3n) is 1.56. The number of benzene rings is 1. The molecule has 1 aromatic carbocycles. The Morgan fingerprint density at radius 1 is 1.29 bits per heavy atom. The summed E-state index contributed by atoms with van der Waals surface area (Å²) in [6.07, 6.45) is -0.0870. The van der Waals surface area contributed by atoms with Gasteiger partial charge in [0.2, 0.25) is 0 Å². The molecule has 2 nitrogen and oxygen atoms in total. The molecule has 6 heteroatoms. The number of aryl methyl sites for hydroxylation is 1. The van der Waals surface area contributed by atoms with Crippen LogP contribution in [0.2, 0.25) is 5.02 Å². The van der Waals surface area contributed by atoms with Gasteiger partial charge in [-0.25, -0.2) is 4.39 Å². The number of halogens is 3. The summed E-state index contributed by atoms with van der Waals surface area (Å²) >= 11 is 5.52. The fourth-order valence-corrected chi connectivity index (χ4v) is 1.72. The number of rotatable bonds is 3. The Labute approximate surface area is 85.7 Å². The van der Waals surface area contributed by atoms with E-state index in [1.54, 1.807) is 0 Å². The molecule has 14 heavy (non-hydrogen) atoms. The summed E-state index contributed by atoms with van der Waals surface area (Å²) in [4.78, 5) is 0. The first-order valence-corrected chi connectivity index (χ1v) is 5.67. The van der Waals surface area contributed by atoms with E-state index in [9.17, 15) is 16.7 Å². The van der Waals surface area contributed by atoms with Crippen molar-refractivity contribution in [2.45, 2.75) is 6.42 Å². The van der Waals surface area contributed by atoms with Gasteiger partial charge in [-0.1, -0.05) is 11.6 Å². The van der Waals surface area contributed by atoms with Gasteiger partial charge >= 0.3 is 10.2 Å². The van der Waals surface area contributed by atoms with E-state index < -0.39 is 21.8 Å². The molecule has 0 heterocycles. The summed E-state index contributed by atoms with van der Waals surface area (Å²) in [7, 11) is -4.51. The van der Waals surface area contributed by atoms with Crippen LogP contribution < -0.4 is 0 Å². The van der Waals surface area contributed by atoms with Crippen molar-refractivity contribution in [3.05, 3.63) is 34.6 Å². The third kappa shape index (κ3) is 4.02. The highest BCUT2D eigenvalue weighted by atomic mass is 35.5. The van der Waals surface area contributed by atoms with Crippen LogP contribution in [0.3, 0.4) is 0 Å². The van der Waals surface area contributed by atoms with Crippen LogP contribution in [0.25, 0.3) is 0 Å². The molecule has 0 N–H and O–H groups in total. The van der Waals surface area contributed by atoms with Gasteiger partial charge in [-0.15, -0.1) is 3.89 Å². The summed E-state index contributed by atoms with van der Waals surface area (Å²) in [6, 6.07) is 3.61. The Balaban J connectivity index is 2.78. The maximum Gasteiger partial charge on any atom is 0.302 e. The average Bonchev–Trinajstić information content (AvgIpc) is 1.97. The molecular weight excluding hydrogens is 234 g/mol. The van der Waals surface area contributed by atoms with Crippen LogP contribution >= 0.6 is 11.6 Å². The van der Waals surface area contributed by atoms with Crippen molar-refractivity contribution in [3.8, 4) is 0 Å². The Morgan fingerprint density at radius 2 is 1.93 bits per heavy atom. The highest BCUT2D eigenvalue weighted by molar-refractivity contribution is 7.86. The van der Waals surface area contributed by atoms with Gasteiger partial charge in [0.1, 0.15) is 5.82 Å². The first-order valence-electron chi connectivity index (χ1n) is 3.74. The molecule has 0 radical (unpaired) electrons. The maximum absolute atomic E-state index is 12.7. The highest BCUT2D eigenvalue weighted by Crippen LogP contribution is 2.15. The average molecular weight is 241 g/mol. The van der Waals surface area contributed by atoms with E-state index in [0.717, 1.165) is 12.1 Å². The molecule has 0 amide bonds. The van der Waals surface area contributed by atoms with Crippen LogP contribution in [0.5, 0.6) is 0 Å². The molecule has 0 saturated heterocycles. The molecule has 0 atom stereocenters. The zero-order valence-corrected chi connectivity index (χ0v) is 8.58. The third-order valence-corrected chi connectivity index (χ3v) is 2.47. The predicted molar refractivity (Wildman–Crippen MR) is 50.0 cm³/mol. The van der Waals surface area contributed by atoms with Crippen LogP contribution in [0, 0.1) is 5.82 Å². The van der Waals surface area contributed by atoms with Crippen molar-refractivity contribution in [3.63, 3.8) is 0 Å². The highest BCUT2D eigenvalue weighted by Gasteiger charge is 2.08. The number of hydrogen-bond donors (Lipinski definition) is 0. The molecule has 1 aromatic rings. The second-order valence-corrected chi connectivity index (χ2v) is 4.69. The van der Waals surface area contributed by atoms with Crippen LogP contribution in [0.15, 0.2) is 18.2 Å². The minimum absolute atomic E-state index is 0.0870. The minimum Gasteiger partial charge on any atom is -0.207 e. The van der Waals surface area contributed by atoms with Gasteiger partial charge in [0, 0.05) is 5.02 Å². The van der Waals surface area contributed by atoms with Gasteiger partial charge in [0.05, 0.1) is 5.75 Å². The minimum atomic E-state index is -4.51. The largest absolute Gasteiger partial charge is 0.302 e. The standard InChI is InChI=1S/C8H7ClF2O2S/c9-7-3-6(4-8(10)5-7)1-2-14(11,12)13/h3-5H,1-2H2. The van der Waals surface area contributed by atoms with E-state index in [1.807, 2.05) is 0 Å². The predicted octanol–water partition coefficient (Wildman–Crippen LogP) is 2.32. The topological polar surface area (TPSA) is 34.1 Å². The second kappa shape index (κ2) is 4.23. The zero-order valence-electron chi connectivity index (χ0n) is 7.00. The van der Waals surface area contributed by atoms with Crippen molar-refractivity contribution in [1.82, 2.24) is 0 Å². The Morgan fingerprint density at radius 3 is 2.43 bits per heavy atom. The fraction of sp³-hybridized carbons (Fsp3) is 0.250. The molecule has 0 saturated carbocycles. The molecule has 0 aliphatic carbocycles. The van der Waals surface area contributed by atoms with Gasteiger partial charge in [-0.3, -0.25) is 0 Å². The summed E-state index contributed by atoms with van der Waals surface area (Å²) in [5.74, 6) is -1.23. The molecule has 0 spiro atoms. The fourth-order valence-electron chi connectivity index (χ4n) is 0.995. The van der Waals surface area contributed by atoms with E-state index in [1.165, 1.54) is 6.07 Å². The molecule has 0 unspecified atom stereocenters. The second-order valence-electron chi connectivity index (χ2n) is 2.77. The van der Waals surface area contributed by atoms with Gasteiger partial charge in [-0.05, 0) is 30.2 Å². The smallest absolute Gasteiger partial charge is 0.207 e. The zero-order chi connectivity index (χ0) is 10.8. The van der Waals surface area contributed by atoms with Gasteiger partial charge < -0.3 is 0 Å². The van der Waals surface area contributed by atoms with E-state index in [-0.39, 0.29) is 11.4 Å². The molecule has 0 aromatic heterocycles. The van der Waals surface area contributed by atoms with E-state index in [4.69, 9.17) is 11.6 Å². The van der Waals surface area contributed by atoms with Crippen LogP contribution in [0.1, 0.15) is 5.56 Å². The summed E-state index contributed by atoms with van der Waals surface area (Å²) in [6.45, 7) is 0. The molecule has 0 aliphatic rings. The molecule has 0 aliphatic heterocycles. The molecule has 78 valence electrons. The maximum atomic E-state index is 12.7. The normalized spacial score (nSPS) is 11.6. The van der Waals surface area contributed by atoms with E-state index >= 15 is 0 Å². The SMILES string of the molecule is O=S(=O)(F)CCc1cc(F)cc(Cl)c1. The van der Waals surface area contributed by atoms with E-state index in [2.05, 4.69) is 0 Å². The van der Waals surface area contributed by atoms with Crippen molar-refractivity contribution in [2.75, 3.05) is 5.75 Å². The lowest BCUT2D eigenvalue weighted by Gasteiger charge is -2.00. The Kier molecular flexibility index (Phi) is 3.44. The van der Waals surface area contributed by atoms with Crippen molar-refractivity contribution in [1.29, 1.82) is 0 Å². The Hall–Kier alpha value is -0.680. The lowest BCUT2D eigenvalue weighted by atomic mass is 10.2. The van der Waals surface area contributed by atoms with Crippen molar-refractivity contribution in [2.24, 2.45) is 0 Å². The summed E-state index contributed by atoms with van der Waals surface area (Å²) < 4.78 is 45.2. The summed E-state index contributed by atoms with van der Waals surface area (Å²) in [5.41, 5.74) is 0.358. The van der Waals surface area contributed by atoms with Crippen LogP contribution in [-0.4, -0.2) is 14.2 Å². The van der Waals surface area contributed by atoms with Crippen molar-refractivity contribution < 1.29 is 16.7 Å². The van der Waals surface area contributed by atoms with Crippen LogP contribution in [0.4, 0.5) is 8.28 Å². The molecule has 0 bridgehead atoms. The number of hydrogen-bond acceptors (Lipinski definition) is 2.